The van der Waals surface area contributed by atoms with Gasteiger partial charge in [-0.1, -0.05) is 23.2 Å². The monoisotopic (exact) mass is 473 g/mol. The van der Waals surface area contributed by atoms with Crippen molar-refractivity contribution in [1.29, 1.82) is 0 Å². The lowest BCUT2D eigenvalue weighted by Gasteiger charge is -2.15. The number of hydrogen-bond donors (Lipinski definition) is 0. The van der Waals surface area contributed by atoms with Gasteiger partial charge >= 0.3 is 5.69 Å². The van der Waals surface area contributed by atoms with E-state index in [9.17, 15) is 14.4 Å². The number of fused-ring (bicyclic) bond motifs is 1. The fourth-order valence-electron chi connectivity index (χ4n) is 3.20. The third-order valence-corrected chi connectivity index (χ3v) is 6.76. The van der Waals surface area contributed by atoms with Gasteiger partial charge in [0.25, 0.3) is 11.5 Å². The molecule has 0 radical (unpaired) electrons. The van der Waals surface area contributed by atoms with Crippen LogP contribution < -0.4 is 11.2 Å². The second-order valence-electron chi connectivity index (χ2n) is 7.00. The van der Waals surface area contributed by atoms with E-state index in [2.05, 4.69) is 4.98 Å². The number of carbonyl (C=O) groups is 1. The van der Waals surface area contributed by atoms with Gasteiger partial charge in [0, 0.05) is 25.0 Å². The maximum absolute atomic E-state index is 13.2. The third-order valence-electron chi connectivity index (χ3n) is 4.84. The molecule has 0 saturated carbocycles. The molecule has 0 aliphatic heterocycles. The number of aryl methyl sites for hydroxylation is 1. The van der Waals surface area contributed by atoms with Gasteiger partial charge in [-0.2, -0.15) is 0 Å². The molecule has 1 amide bonds. The van der Waals surface area contributed by atoms with Crippen molar-refractivity contribution in [3.8, 4) is 0 Å². The van der Waals surface area contributed by atoms with Gasteiger partial charge in [0.15, 0.2) is 5.15 Å². The van der Waals surface area contributed by atoms with Crippen LogP contribution in [0.5, 0.6) is 0 Å². The summed E-state index contributed by atoms with van der Waals surface area (Å²) in [6.45, 7) is 5.56. The number of carbonyl (C=O) groups excluding carboxylic acids is 1. The van der Waals surface area contributed by atoms with E-state index >= 15 is 0 Å². The number of rotatable bonds is 5. The normalized spacial score (nSPS) is 11.6. The molecule has 0 aliphatic rings. The highest BCUT2D eigenvalue weighted by atomic mass is 35.5. The van der Waals surface area contributed by atoms with E-state index in [4.69, 9.17) is 28.0 Å². The molecule has 0 saturated heterocycles. The van der Waals surface area contributed by atoms with Crippen molar-refractivity contribution in [1.82, 2.24) is 23.7 Å². The Kier molecular flexibility index (Phi) is 6.15. The lowest BCUT2D eigenvalue weighted by molar-refractivity contribution is -0.0756. The summed E-state index contributed by atoms with van der Waals surface area (Å²) in [5.41, 5.74) is -0.836. The summed E-state index contributed by atoms with van der Waals surface area (Å²) in [4.78, 5) is 49.1. The highest BCUT2D eigenvalue weighted by molar-refractivity contribution is 7.19. The first kappa shape index (κ1) is 22.5. The standard InChI is InChI=1S/C18H21Cl2N5O4S/c1-8(2)25-17-12(15(26)22(4)18(25)28)11(16(27)23(5)29-6)10(30-17)7-24-9(3)21-13(19)14(24)20/h8H,7H2,1-6H3. The van der Waals surface area contributed by atoms with Crippen molar-refractivity contribution in [3.05, 3.63) is 47.4 Å². The van der Waals surface area contributed by atoms with Crippen LogP contribution in [0.2, 0.25) is 10.3 Å². The molecular weight excluding hydrogens is 453 g/mol. The molecule has 0 atom stereocenters. The summed E-state index contributed by atoms with van der Waals surface area (Å²) >= 11 is 13.5. The zero-order valence-corrected chi connectivity index (χ0v) is 19.6. The van der Waals surface area contributed by atoms with Crippen LogP contribution in [0.3, 0.4) is 0 Å². The molecule has 0 N–H and O–H groups in total. The number of halogens is 2. The minimum Gasteiger partial charge on any atom is -0.313 e. The molecular formula is C18H21Cl2N5O4S. The molecule has 3 aromatic heterocycles. The van der Waals surface area contributed by atoms with E-state index in [0.717, 1.165) is 9.63 Å². The van der Waals surface area contributed by atoms with Crippen molar-refractivity contribution >= 4 is 50.7 Å². The van der Waals surface area contributed by atoms with Gasteiger partial charge in [0.1, 0.15) is 15.8 Å². The number of hydrogen-bond acceptors (Lipinski definition) is 6. The zero-order chi connectivity index (χ0) is 22.5. The van der Waals surface area contributed by atoms with Crippen LogP contribution in [0.1, 0.15) is 40.9 Å². The fraction of sp³-hybridized carbons (Fsp3) is 0.444. The molecule has 3 heterocycles. The van der Waals surface area contributed by atoms with Gasteiger partial charge in [-0.05, 0) is 20.8 Å². The Labute approximate surface area is 186 Å². The Morgan fingerprint density at radius 2 is 1.93 bits per heavy atom. The van der Waals surface area contributed by atoms with Crippen molar-refractivity contribution in [2.45, 2.75) is 33.4 Å². The van der Waals surface area contributed by atoms with Gasteiger partial charge < -0.3 is 4.57 Å². The second kappa shape index (κ2) is 8.18. The predicted octanol–water partition coefficient (Wildman–Crippen LogP) is 2.84. The van der Waals surface area contributed by atoms with Crippen LogP contribution in [-0.2, 0) is 18.4 Å². The topological polar surface area (TPSA) is 91.4 Å². The van der Waals surface area contributed by atoms with Gasteiger partial charge in [0.05, 0.1) is 24.6 Å². The predicted molar refractivity (Wildman–Crippen MR) is 117 cm³/mol. The van der Waals surface area contributed by atoms with E-state index in [1.165, 1.54) is 37.1 Å². The molecule has 0 aliphatic carbocycles. The number of imidazole rings is 1. The van der Waals surface area contributed by atoms with Crippen LogP contribution in [-0.4, -0.2) is 43.8 Å². The quantitative estimate of drug-likeness (QED) is 0.531. The molecule has 0 spiro atoms. The van der Waals surface area contributed by atoms with Crippen LogP contribution in [0, 0.1) is 6.92 Å². The Morgan fingerprint density at radius 1 is 1.30 bits per heavy atom. The number of hydroxylamine groups is 2. The van der Waals surface area contributed by atoms with E-state index in [0.29, 0.717) is 15.5 Å². The first-order valence-corrected chi connectivity index (χ1v) is 10.6. The molecule has 162 valence electrons. The van der Waals surface area contributed by atoms with Crippen molar-refractivity contribution in [3.63, 3.8) is 0 Å². The molecule has 0 bridgehead atoms. The number of amides is 1. The van der Waals surface area contributed by atoms with Crippen LogP contribution in [0.15, 0.2) is 9.59 Å². The van der Waals surface area contributed by atoms with Gasteiger partial charge in [-0.25, -0.2) is 14.8 Å². The van der Waals surface area contributed by atoms with Crippen molar-refractivity contribution in [2.75, 3.05) is 14.2 Å². The minimum atomic E-state index is -0.547. The molecule has 0 fully saturated rings. The van der Waals surface area contributed by atoms with Crippen LogP contribution in [0.4, 0.5) is 0 Å². The SMILES string of the molecule is CON(C)C(=O)c1c(Cn2c(C)nc(Cl)c2Cl)sc2c1c(=O)n(C)c(=O)n2C(C)C. The lowest BCUT2D eigenvalue weighted by atomic mass is 10.1. The fourth-order valence-corrected chi connectivity index (χ4v) is 5.04. The Bertz CT molecular complexity index is 1270. The highest BCUT2D eigenvalue weighted by Gasteiger charge is 2.29. The summed E-state index contributed by atoms with van der Waals surface area (Å²) in [5.74, 6) is 0.0416. The average molecular weight is 474 g/mol. The van der Waals surface area contributed by atoms with Crippen molar-refractivity contribution in [2.24, 2.45) is 7.05 Å². The molecule has 0 aromatic carbocycles. The summed E-state index contributed by atoms with van der Waals surface area (Å²) in [6, 6.07) is -0.227. The molecule has 9 nitrogen and oxygen atoms in total. The maximum atomic E-state index is 13.2. The van der Waals surface area contributed by atoms with Crippen LogP contribution in [0.25, 0.3) is 10.2 Å². The largest absolute Gasteiger partial charge is 0.332 e. The maximum Gasteiger partial charge on any atom is 0.332 e. The van der Waals surface area contributed by atoms with E-state index in [1.54, 1.807) is 11.5 Å². The Hall–Kier alpha value is -2.14. The molecule has 3 rings (SSSR count). The van der Waals surface area contributed by atoms with Gasteiger partial charge in [-0.15, -0.1) is 11.3 Å². The first-order valence-electron chi connectivity index (χ1n) is 8.98. The van der Waals surface area contributed by atoms with E-state index in [-0.39, 0.29) is 33.8 Å². The summed E-state index contributed by atoms with van der Waals surface area (Å²) in [5, 5.41) is 1.57. The molecule has 0 unspecified atom stereocenters. The van der Waals surface area contributed by atoms with Gasteiger partial charge in [0.2, 0.25) is 0 Å². The Morgan fingerprint density at radius 3 is 2.43 bits per heavy atom. The number of thiophene rings is 1. The summed E-state index contributed by atoms with van der Waals surface area (Å²) < 4.78 is 4.15. The lowest BCUT2D eigenvalue weighted by Crippen LogP contribution is -2.39. The third kappa shape index (κ3) is 3.47. The highest BCUT2D eigenvalue weighted by Crippen LogP contribution is 2.33. The molecule has 30 heavy (non-hydrogen) atoms. The minimum absolute atomic E-state index is 0.146. The Balaban J connectivity index is 2.43. The second-order valence-corrected chi connectivity index (χ2v) is 8.80. The summed E-state index contributed by atoms with van der Waals surface area (Å²) in [6.07, 6.45) is 0. The average Bonchev–Trinajstić information content (AvgIpc) is 3.17. The molecule has 12 heteroatoms. The van der Waals surface area contributed by atoms with E-state index < -0.39 is 17.2 Å². The van der Waals surface area contributed by atoms with Crippen molar-refractivity contribution < 1.29 is 9.63 Å². The van der Waals surface area contributed by atoms with E-state index in [1.807, 2.05) is 13.8 Å². The zero-order valence-electron chi connectivity index (χ0n) is 17.3. The first-order chi connectivity index (χ1) is 14.0. The van der Waals surface area contributed by atoms with Crippen LogP contribution >= 0.6 is 34.5 Å². The molecule has 3 aromatic rings. The van der Waals surface area contributed by atoms with Gasteiger partial charge in [-0.3, -0.25) is 23.6 Å². The summed E-state index contributed by atoms with van der Waals surface area (Å²) in [7, 11) is 4.20. The number of nitrogens with zero attached hydrogens (tertiary/aromatic N) is 5. The smallest absolute Gasteiger partial charge is 0.313 e. The number of aromatic nitrogens is 4.